The van der Waals surface area contributed by atoms with Gasteiger partial charge in [-0.05, 0) is 66.2 Å². The van der Waals surface area contributed by atoms with E-state index in [2.05, 4.69) is 20.6 Å². The summed E-state index contributed by atoms with van der Waals surface area (Å²) in [5, 5.41) is 5.60. The van der Waals surface area contributed by atoms with Crippen LogP contribution in [-0.2, 0) is 17.9 Å². The van der Waals surface area contributed by atoms with Crippen LogP contribution in [0, 0.1) is 0 Å². The Kier molecular flexibility index (Phi) is 7.95. The summed E-state index contributed by atoms with van der Waals surface area (Å²) < 4.78 is 5.72. The number of aromatic nitrogens is 2. The van der Waals surface area contributed by atoms with Crippen LogP contribution in [0.25, 0.3) is 6.08 Å². The van der Waals surface area contributed by atoms with Crippen LogP contribution in [0.3, 0.4) is 0 Å². The zero-order valence-electron chi connectivity index (χ0n) is 18.9. The van der Waals surface area contributed by atoms with Crippen LogP contribution in [0.1, 0.15) is 27.3 Å². The molecule has 0 fully saturated rings. The first-order valence-electron chi connectivity index (χ1n) is 11.1. The van der Waals surface area contributed by atoms with E-state index in [0.29, 0.717) is 24.4 Å². The molecule has 0 saturated carbocycles. The Morgan fingerprint density at radius 3 is 2.29 bits per heavy atom. The van der Waals surface area contributed by atoms with Crippen LogP contribution < -0.4 is 15.4 Å². The maximum Gasteiger partial charge on any atom is 0.251 e. The first kappa shape index (κ1) is 23.4. The van der Waals surface area contributed by atoms with Crippen LogP contribution in [0.2, 0.25) is 0 Å². The highest BCUT2D eigenvalue weighted by molar-refractivity contribution is 6.03. The zero-order chi connectivity index (χ0) is 24.3. The van der Waals surface area contributed by atoms with Crippen molar-refractivity contribution in [2.24, 2.45) is 0 Å². The van der Waals surface area contributed by atoms with Gasteiger partial charge in [-0.15, -0.1) is 0 Å². The Balaban J connectivity index is 1.27. The number of amides is 2. The number of hydrogen-bond donors (Lipinski definition) is 2. The lowest BCUT2D eigenvalue weighted by molar-refractivity contribution is -0.111. The molecule has 0 aliphatic heterocycles. The number of carbonyl (C=O) groups excluding carboxylic acids is 2. The fraction of sp³-hybridized carbons (Fsp3) is 0.0714. The predicted octanol–water partition coefficient (Wildman–Crippen LogP) is 4.64. The SMILES string of the molecule is O=C(/C=C/c1ccc(OCc2ccccn2)cc1)Nc1cccc(C(=O)NCc2ccccn2)c1. The fourth-order valence-corrected chi connectivity index (χ4v) is 3.19. The molecule has 0 unspecified atom stereocenters. The standard InChI is InChI=1S/C28H24N4O3/c33-27(15-12-21-10-13-26(14-11-21)35-20-25-8-2-4-17-30-25)32-23-9-5-6-22(18-23)28(34)31-19-24-7-1-3-16-29-24/h1-18H,19-20H2,(H,31,34)(H,32,33)/b15-12+. The van der Waals surface area contributed by atoms with E-state index in [0.717, 1.165) is 22.7 Å². The van der Waals surface area contributed by atoms with Crippen LogP contribution in [0.15, 0.2) is 103 Å². The van der Waals surface area contributed by atoms with Crippen molar-refractivity contribution >= 4 is 23.6 Å². The van der Waals surface area contributed by atoms with E-state index in [4.69, 9.17) is 4.74 Å². The zero-order valence-corrected chi connectivity index (χ0v) is 18.9. The van der Waals surface area contributed by atoms with E-state index in [1.165, 1.54) is 6.08 Å². The molecule has 4 aromatic rings. The van der Waals surface area contributed by atoms with Gasteiger partial charge in [-0.3, -0.25) is 19.6 Å². The number of nitrogens with one attached hydrogen (secondary N) is 2. The van der Waals surface area contributed by atoms with Crippen molar-refractivity contribution in [1.29, 1.82) is 0 Å². The Bertz CT molecular complexity index is 1290. The third-order valence-corrected chi connectivity index (χ3v) is 4.97. The molecule has 35 heavy (non-hydrogen) atoms. The second kappa shape index (κ2) is 11.9. The first-order valence-corrected chi connectivity index (χ1v) is 11.1. The van der Waals surface area contributed by atoms with Gasteiger partial charge in [0.15, 0.2) is 0 Å². The Labute approximate surface area is 203 Å². The minimum Gasteiger partial charge on any atom is -0.487 e. The minimum atomic E-state index is -0.300. The van der Waals surface area contributed by atoms with Crippen molar-refractivity contribution in [2.75, 3.05) is 5.32 Å². The van der Waals surface area contributed by atoms with E-state index >= 15 is 0 Å². The van der Waals surface area contributed by atoms with Crippen molar-refractivity contribution in [2.45, 2.75) is 13.2 Å². The van der Waals surface area contributed by atoms with Crippen molar-refractivity contribution < 1.29 is 14.3 Å². The van der Waals surface area contributed by atoms with E-state index in [-0.39, 0.29) is 11.8 Å². The van der Waals surface area contributed by atoms with Gasteiger partial charge in [-0.1, -0.05) is 30.3 Å². The van der Waals surface area contributed by atoms with Gasteiger partial charge in [0.25, 0.3) is 5.91 Å². The van der Waals surface area contributed by atoms with Crippen molar-refractivity contribution in [3.8, 4) is 5.75 Å². The first-order chi connectivity index (χ1) is 17.2. The highest BCUT2D eigenvalue weighted by Crippen LogP contribution is 2.15. The van der Waals surface area contributed by atoms with Gasteiger partial charge in [-0.2, -0.15) is 0 Å². The highest BCUT2D eigenvalue weighted by Gasteiger charge is 2.07. The molecule has 2 heterocycles. The van der Waals surface area contributed by atoms with E-state index in [1.54, 1.807) is 42.7 Å². The Morgan fingerprint density at radius 1 is 0.829 bits per heavy atom. The van der Waals surface area contributed by atoms with Gasteiger partial charge < -0.3 is 15.4 Å². The van der Waals surface area contributed by atoms with Crippen molar-refractivity contribution in [3.05, 3.63) is 126 Å². The van der Waals surface area contributed by atoms with Gasteiger partial charge in [0.2, 0.25) is 5.91 Å². The lowest BCUT2D eigenvalue weighted by Gasteiger charge is -2.07. The van der Waals surface area contributed by atoms with Gasteiger partial charge in [0, 0.05) is 29.7 Å². The van der Waals surface area contributed by atoms with Crippen molar-refractivity contribution in [3.63, 3.8) is 0 Å². The molecule has 0 spiro atoms. The molecular weight excluding hydrogens is 440 g/mol. The molecule has 174 valence electrons. The second-order valence-electron chi connectivity index (χ2n) is 7.59. The molecule has 7 nitrogen and oxygen atoms in total. The van der Waals surface area contributed by atoms with Gasteiger partial charge in [0.05, 0.1) is 17.9 Å². The molecule has 0 radical (unpaired) electrons. The lowest BCUT2D eigenvalue weighted by atomic mass is 10.1. The summed E-state index contributed by atoms with van der Waals surface area (Å²) in [4.78, 5) is 33.2. The molecule has 0 atom stereocenters. The Hall–Kier alpha value is -4.78. The predicted molar refractivity (Wildman–Crippen MR) is 135 cm³/mol. The minimum absolute atomic E-state index is 0.243. The number of carbonyl (C=O) groups is 2. The summed E-state index contributed by atoms with van der Waals surface area (Å²) in [5.41, 5.74) is 3.45. The second-order valence-corrected chi connectivity index (χ2v) is 7.59. The van der Waals surface area contributed by atoms with Crippen LogP contribution >= 0.6 is 0 Å². The summed E-state index contributed by atoms with van der Waals surface area (Å²) in [6.07, 6.45) is 6.56. The topological polar surface area (TPSA) is 93.2 Å². The monoisotopic (exact) mass is 464 g/mol. The number of pyridine rings is 2. The number of rotatable bonds is 9. The van der Waals surface area contributed by atoms with E-state index < -0.39 is 0 Å². The molecule has 0 aliphatic rings. The quantitative estimate of drug-likeness (QED) is 0.352. The average molecular weight is 465 g/mol. The summed E-state index contributed by atoms with van der Waals surface area (Å²) in [6.45, 7) is 0.713. The van der Waals surface area contributed by atoms with Crippen LogP contribution in [0.4, 0.5) is 5.69 Å². The molecule has 2 aromatic carbocycles. The maximum atomic E-state index is 12.4. The number of benzene rings is 2. The number of hydrogen-bond acceptors (Lipinski definition) is 5. The summed E-state index contributed by atoms with van der Waals surface area (Å²) in [7, 11) is 0. The molecule has 0 saturated heterocycles. The number of anilines is 1. The van der Waals surface area contributed by atoms with Crippen LogP contribution in [0.5, 0.6) is 5.75 Å². The highest BCUT2D eigenvalue weighted by atomic mass is 16.5. The lowest BCUT2D eigenvalue weighted by Crippen LogP contribution is -2.23. The normalized spacial score (nSPS) is 10.6. The smallest absolute Gasteiger partial charge is 0.251 e. The third-order valence-electron chi connectivity index (χ3n) is 4.97. The molecule has 2 amide bonds. The molecule has 2 N–H and O–H groups in total. The third kappa shape index (κ3) is 7.36. The summed E-state index contributed by atoms with van der Waals surface area (Å²) in [6, 6.07) is 25.4. The van der Waals surface area contributed by atoms with Gasteiger partial charge in [0.1, 0.15) is 12.4 Å². The van der Waals surface area contributed by atoms with E-state index in [1.807, 2.05) is 60.7 Å². The van der Waals surface area contributed by atoms with Gasteiger partial charge >= 0.3 is 0 Å². The van der Waals surface area contributed by atoms with Gasteiger partial charge in [-0.25, -0.2) is 0 Å². The fourth-order valence-electron chi connectivity index (χ4n) is 3.19. The summed E-state index contributed by atoms with van der Waals surface area (Å²) in [5.74, 6) is 0.176. The number of ether oxygens (including phenoxy) is 1. The summed E-state index contributed by atoms with van der Waals surface area (Å²) >= 11 is 0. The average Bonchev–Trinajstić information content (AvgIpc) is 2.91. The molecule has 0 bridgehead atoms. The molecule has 0 aliphatic carbocycles. The molecule has 2 aromatic heterocycles. The van der Waals surface area contributed by atoms with E-state index in [9.17, 15) is 9.59 Å². The largest absolute Gasteiger partial charge is 0.487 e. The van der Waals surface area contributed by atoms with Crippen LogP contribution in [-0.4, -0.2) is 21.8 Å². The molecule has 7 heteroatoms. The number of nitrogens with zero attached hydrogens (tertiary/aromatic N) is 2. The Morgan fingerprint density at radius 2 is 1.57 bits per heavy atom. The molecule has 4 rings (SSSR count). The maximum absolute atomic E-state index is 12.4. The van der Waals surface area contributed by atoms with Crippen molar-refractivity contribution in [1.82, 2.24) is 15.3 Å². The molecular formula is C28H24N4O3.